The van der Waals surface area contributed by atoms with Gasteiger partial charge in [0, 0.05) is 21.8 Å². The number of hydrogen-bond donors (Lipinski definition) is 1. The fraction of sp³-hybridized carbons (Fsp3) is 0.231. The van der Waals surface area contributed by atoms with Crippen molar-refractivity contribution in [3.8, 4) is 11.5 Å². The number of ether oxygens (including phenoxy) is 3. The van der Waals surface area contributed by atoms with Crippen molar-refractivity contribution in [3.63, 3.8) is 0 Å². The molecule has 3 rings (SSSR count). The third-order valence-electron chi connectivity index (χ3n) is 4.80. The van der Waals surface area contributed by atoms with Crippen LogP contribution in [0.2, 0.25) is 5.02 Å². The summed E-state index contributed by atoms with van der Waals surface area (Å²) < 4.78 is 16.6. The van der Waals surface area contributed by atoms with E-state index in [1.165, 1.54) is 0 Å². The molecule has 0 bridgehead atoms. The van der Waals surface area contributed by atoms with Crippen molar-refractivity contribution in [3.05, 3.63) is 87.9 Å². The summed E-state index contributed by atoms with van der Waals surface area (Å²) in [7, 11) is 0. The van der Waals surface area contributed by atoms with Gasteiger partial charge in [0.2, 0.25) is 0 Å². The highest BCUT2D eigenvalue weighted by Gasteiger charge is 2.13. The molecule has 0 saturated carbocycles. The number of esters is 1. The minimum Gasteiger partial charge on any atom is -0.493 e. The highest BCUT2D eigenvalue weighted by molar-refractivity contribution is 6.31. The first kappa shape index (κ1) is 24.1. The lowest BCUT2D eigenvalue weighted by molar-refractivity contribution is 0.0526. The fourth-order valence-electron chi connectivity index (χ4n) is 3.11. The summed E-state index contributed by atoms with van der Waals surface area (Å²) in [5, 5.41) is 3.51. The zero-order chi connectivity index (χ0) is 23.8. The van der Waals surface area contributed by atoms with Gasteiger partial charge in [0.1, 0.15) is 18.1 Å². The predicted molar refractivity (Wildman–Crippen MR) is 128 cm³/mol. The quantitative estimate of drug-likeness (QED) is 0.387. The molecule has 0 heterocycles. The molecule has 172 valence electrons. The van der Waals surface area contributed by atoms with E-state index in [9.17, 15) is 9.59 Å². The van der Waals surface area contributed by atoms with Crippen LogP contribution < -0.4 is 14.8 Å². The van der Waals surface area contributed by atoms with Crippen LogP contribution in [0.5, 0.6) is 11.5 Å². The molecule has 0 aromatic heterocycles. The summed E-state index contributed by atoms with van der Waals surface area (Å²) in [6, 6.07) is 17.2. The monoisotopic (exact) mass is 467 g/mol. The Balaban J connectivity index is 1.73. The molecular formula is C26H26ClNO5. The van der Waals surface area contributed by atoms with Gasteiger partial charge in [-0.1, -0.05) is 11.6 Å². The minimum atomic E-state index is -0.401. The molecule has 0 aliphatic carbocycles. The molecule has 0 atom stereocenters. The maximum absolute atomic E-state index is 12.8. The van der Waals surface area contributed by atoms with Crippen LogP contribution in [0.25, 0.3) is 0 Å². The van der Waals surface area contributed by atoms with Gasteiger partial charge in [-0.2, -0.15) is 0 Å². The van der Waals surface area contributed by atoms with Crippen LogP contribution in [0, 0.1) is 6.92 Å². The summed E-state index contributed by atoms with van der Waals surface area (Å²) in [5.41, 5.74) is 3.11. The fourth-order valence-corrected chi connectivity index (χ4v) is 3.22. The van der Waals surface area contributed by atoms with E-state index in [-0.39, 0.29) is 12.5 Å². The zero-order valence-corrected chi connectivity index (χ0v) is 19.6. The van der Waals surface area contributed by atoms with Gasteiger partial charge >= 0.3 is 5.97 Å². The van der Waals surface area contributed by atoms with Crippen molar-refractivity contribution >= 4 is 29.2 Å². The van der Waals surface area contributed by atoms with Crippen molar-refractivity contribution in [2.75, 3.05) is 18.5 Å². The average molecular weight is 468 g/mol. The van der Waals surface area contributed by atoms with Gasteiger partial charge in [0.15, 0.2) is 0 Å². The van der Waals surface area contributed by atoms with Crippen molar-refractivity contribution in [2.24, 2.45) is 0 Å². The lowest BCUT2D eigenvalue weighted by atomic mass is 10.1. The largest absolute Gasteiger partial charge is 0.493 e. The lowest BCUT2D eigenvalue weighted by Crippen LogP contribution is -2.13. The number of carbonyl (C=O) groups excluding carboxylic acids is 2. The van der Waals surface area contributed by atoms with Crippen LogP contribution in [-0.4, -0.2) is 25.1 Å². The number of nitrogens with one attached hydrogen (secondary N) is 1. The number of carbonyl (C=O) groups is 2. The molecule has 0 saturated heterocycles. The Bertz CT molecular complexity index is 1130. The highest BCUT2D eigenvalue weighted by atomic mass is 35.5. The number of anilines is 1. The van der Waals surface area contributed by atoms with E-state index in [0.717, 1.165) is 11.1 Å². The summed E-state index contributed by atoms with van der Waals surface area (Å²) >= 11 is 6.08. The maximum Gasteiger partial charge on any atom is 0.338 e. The average Bonchev–Trinajstić information content (AvgIpc) is 2.81. The van der Waals surface area contributed by atoms with Gasteiger partial charge in [-0.25, -0.2) is 4.79 Å². The molecule has 0 unspecified atom stereocenters. The molecule has 3 aromatic carbocycles. The third-order valence-corrected chi connectivity index (χ3v) is 5.22. The number of amides is 1. The molecule has 0 aliphatic rings. The normalized spacial score (nSPS) is 10.4. The van der Waals surface area contributed by atoms with Crippen molar-refractivity contribution in [1.29, 1.82) is 0 Å². The molecule has 0 radical (unpaired) electrons. The first-order valence-electron chi connectivity index (χ1n) is 10.6. The molecule has 0 spiro atoms. The number of aryl methyl sites for hydroxylation is 1. The molecule has 1 amide bonds. The molecule has 0 aliphatic heterocycles. The molecule has 3 aromatic rings. The molecule has 33 heavy (non-hydrogen) atoms. The smallest absolute Gasteiger partial charge is 0.338 e. The van der Waals surface area contributed by atoms with Gasteiger partial charge in [0.25, 0.3) is 5.91 Å². The van der Waals surface area contributed by atoms with E-state index in [4.69, 9.17) is 25.8 Å². The second-order valence-corrected chi connectivity index (χ2v) is 7.61. The Kier molecular flexibility index (Phi) is 8.33. The van der Waals surface area contributed by atoms with Crippen molar-refractivity contribution < 1.29 is 23.8 Å². The van der Waals surface area contributed by atoms with E-state index < -0.39 is 5.97 Å². The first-order chi connectivity index (χ1) is 15.9. The van der Waals surface area contributed by atoms with Crippen LogP contribution >= 0.6 is 11.6 Å². The van der Waals surface area contributed by atoms with E-state index >= 15 is 0 Å². The Labute approximate surface area is 198 Å². The Morgan fingerprint density at radius 1 is 0.879 bits per heavy atom. The summed E-state index contributed by atoms with van der Waals surface area (Å²) in [4.78, 5) is 24.6. The van der Waals surface area contributed by atoms with Gasteiger partial charge in [-0.15, -0.1) is 0 Å². The van der Waals surface area contributed by atoms with E-state index in [1.54, 1.807) is 61.5 Å². The minimum absolute atomic E-state index is 0.228. The number of benzene rings is 3. The van der Waals surface area contributed by atoms with Gasteiger partial charge < -0.3 is 19.5 Å². The SMILES string of the molecule is CCOC(=O)c1ccc(NC(=O)c2ccc(OCC)c(COc3ccc(Cl)c(C)c3)c2)cc1. The van der Waals surface area contributed by atoms with Crippen molar-refractivity contribution in [1.82, 2.24) is 0 Å². The zero-order valence-electron chi connectivity index (χ0n) is 18.8. The Morgan fingerprint density at radius 3 is 2.27 bits per heavy atom. The Hall–Kier alpha value is -3.51. The van der Waals surface area contributed by atoms with Gasteiger partial charge in [-0.05, 0) is 87.0 Å². The lowest BCUT2D eigenvalue weighted by Gasteiger charge is -2.14. The van der Waals surface area contributed by atoms with E-state index in [0.29, 0.717) is 46.5 Å². The summed E-state index contributed by atoms with van der Waals surface area (Å²) in [5.74, 6) is 0.641. The second-order valence-electron chi connectivity index (χ2n) is 7.21. The predicted octanol–water partition coefficient (Wildman–Crippen LogP) is 6.06. The molecule has 1 N–H and O–H groups in total. The highest BCUT2D eigenvalue weighted by Crippen LogP contribution is 2.26. The second kappa shape index (κ2) is 11.4. The molecule has 7 heteroatoms. The van der Waals surface area contributed by atoms with Crippen LogP contribution in [0.1, 0.15) is 45.7 Å². The number of hydrogen-bond acceptors (Lipinski definition) is 5. The maximum atomic E-state index is 12.8. The first-order valence-corrected chi connectivity index (χ1v) is 11.0. The summed E-state index contributed by atoms with van der Waals surface area (Å²) in [6.45, 7) is 6.58. The molecular weight excluding hydrogens is 442 g/mol. The van der Waals surface area contributed by atoms with Crippen LogP contribution in [0.3, 0.4) is 0 Å². The third kappa shape index (κ3) is 6.49. The van der Waals surface area contributed by atoms with E-state index in [2.05, 4.69) is 5.32 Å². The Morgan fingerprint density at radius 2 is 1.61 bits per heavy atom. The molecule has 0 fully saturated rings. The van der Waals surface area contributed by atoms with Gasteiger partial charge in [0.05, 0.1) is 18.8 Å². The van der Waals surface area contributed by atoms with Crippen molar-refractivity contribution in [2.45, 2.75) is 27.4 Å². The van der Waals surface area contributed by atoms with Gasteiger partial charge in [-0.3, -0.25) is 4.79 Å². The van der Waals surface area contributed by atoms with Crippen LogP contribution in [0.4, 0.5) is 5.69 Å². The summed E-state index contributed by atoms with van der Waals surface area (Å²) in [6.07, 6.45) is 0. The standard InChI is InChI=1S/C26H26ClNO5/c1-4-31-24-13-8-19(15-20(24)16-33-22-11-12-23(27)17(3)14-22)25(29)28-21-9-6-18(7-10-21)26(30)32-5-2/h6-15H,4-5,16H2,1-3H3,(H,28,29). The number of halogens is 1. The molecule has 6 nitrogen and oxygen atoms in total. The topological polar surface area (TPSA) is 73.9 Å². The van der Waals surface area contributed by atoms with Crippen LogP contribution in [0.15, 0.2) is 60.7 Å². The number of rotatable bonds is 9. The van der Waals surface area contributed by atoms with E-state index in [1.807, 2.05) is 19.9 Å². The van der Waals surface area contributed by atoms with Crippen LogP contribution in [-0.2, 0) is 11.3 Å².